The highest BCUT2D eigenvalue weighted by molar-refractivity contribution is 6.30. The molecule has 4 aromatic rings. The predicted molar refractivity (Wildman–Crippen MR) is 123 cm³/mol. The molecule has 0 fully saturated rings. The van der Waals surface area contributed by atoms with E-state index in [1.165, 1.54) is 0 Å². The molecule has 0 bridgehead atoms. The summed E-state index contributed by atoms with van der Waals surface area (Å²) in [6.07, 6.45) is 1.23. The van der Waals surface area contributed by atoms with Crippen LogP contribution in [0.5, 0.6) is 11.5 Å². The fourth-order valence-electron chi connectivity index (χ4n) is 4.45. The van der Waals surface area contributed by atoms with E-state index in [0.29, 0.717) is 11.0 Å². The number of ether oxygens (including phenoxy) is 2. The highest BCUT2D eigenvalue weighted by Gasteiger charge is 2.40. The van der Waals surface area contributed by atoms with Gasteiger partial charge in [0.05, 0.1) is 12.8 Å². The van der Waals surface area contributed by atoms with E-state index in [2.05, 4.69) is 27.5 Å². The first-order valence-electron chi connectivity index (χ1n) is 10.3. The second-order valence-corrected chi connectivity index (χ2v) is 8.14. The molecular formula is C25H19ClN4O2. The van der Waals surface area contributed by atoms with Crippen LogP contribution >= 0.6 is 11.6 Å². The highest BCUT2D eigenvalue weighted by atomic mass is 35.5. The van der Waals surface area contributed by atoms with E-state index >= 15 is 0 Å². The van der Waals surface area contributed by atoms with E-state index in [0.717, 1.165) is 39.5 Å². The number of benzene rings is 3. The molecule has 1 N–H and O–H groups in total. The molecule has 1 aromatic heterocycles. The average molecular weight is 443 g/mol. The summed E-state index contributed by atoms with van der Waals surface area (Å²) < 4.78 is 13.9. The Morgan fingerprint density at radius 1 is 1.00 bits per heavy atom. The third kappa shape index (κ3) is 2.95. The van der Waals surface area contributed by atoms with Crippen LogP contribution in [-0.2, 0) is 0 Å². The monoisotopic (exact) mass is 442 g/mol. The fraction of sp³-hybridized carbons (Fsp3) is 0.120. The summed E-state index contributed by atoms with van der Waals surface area (Å²) in [4.78, 5) is 4.46. The van der Waals surface area contributed by atoms with Gasteiger partial charge >= 0.3 is 0 Å². The first kappa shape index (κ1) is 19.0. The maximum absolute atomic E-state index is 6.60. The molecule has 0 saturated heterocycles. The van der Waals surface area contributed by atoms with Crippen LogP contribution in [0.25, 0.3) is 5.70 Å². The second kappa shape index (κ2) is 7.43. The number of anilines is 1. The number of hydrogen-bond donors (Lipinski definition) is 1. The SMILES string of the molecule is COc1ccc([C@H]2Oc3ccc(Cl)cc3C3=C2[C@@H](c2ccccc2)n2ncnc2N3)cc1. The fourth-order valence-corrected chi connectivity index (χ4v) is 4.62. The largest absolute Gasteiger partial charge is 0.497 e. The number of fused-ring (bicyclic) bond motifs is 3. The number of aromatic nitrogens is 3. The number of methoxy groups -OCH3 is 1. The minimum absolute atomic E-state index is 0.191. The Morgan fingerprint density at radius 2 is 1.81 bits per heavy atom. The van der Waals surface area contributed by atoms with Gasteiger partial charge in [-0.2, -0.15) is 10.1 Å². The van der Waals surface area contributed by atoms with Crippen molar-refractivity contribution in [1.82, 2.24) is 14.8 Å². The average Bonchev–Trinajstić information content (AvgIpc) is 3.31. The van der Waals surface area contributed by atoms with E-state index in [-0.39, 0.29) is 12.1 Å². The van der Waals surface area contributed by atoms with Gasteiger partial charge in [-0.15, -0.1) is 0 Å². The van der Waals surface area contributed by atoms with Crippen LogP contribution in [0.15, 0.2) is 84.7 Å². The molecule has 3 heterocycles. The Morgan fingerprint density at radius 3 is 2.59 bits per heavy atom. The van der Waals surface area contributed by atoms with Crippen molar-refractivity contribution in [3.63, 3.8) is 0 Å². The minimum Gasteiger partial charge on any atom is -0.497 e. The summed E-state index contributed by atoms with van der Waals surface area (Å²) in [7, 11) is 1.66. The highest BCUT2D eigenvalue weighted by Crippen LogP contribution is 2.51. The molecule has 2 atom stereocenters. The lowest BCUT2D eigenvalue weighted by Gasteiger charge is -2.39. The lowest BCUT2D eigenvalue weighted by atomic mass is 9.84. The molecule has 7 heteroatoms. The van der Waals surface area contributed by atoms with E-state index in [1.807, 2.05) is 65.3 Å². The maximum atomic E-state index is 6.60. The zero-order valence-corrected chi connectivity index (χ0v) is 18.0. The van der Waals surface area contributed by atoms with Crippen molar-refractivity contribution in [2.45, 2.75) is 12.1 Å². The van der Waals surface area contributed by atoms with Gasteiger partial charge in [0.2, 0.25) is 5.95 Å². The maximum Gasteiger partial charge on any atom is 0.226 e. The molecule has 0 saturated carbocycles. The second-order valence-electron chi connectivity index (χ2n) is 7.71. The van der Waals surface area contributed by atoms with E-state index in [4.69, 9.17) is 21.1 Å². The third-order valence-corrected chi connectivity index (χ3v) is 6.14. The number of hydrogen-bond acceptors (Lipinski definition) is 5. The van der Waals surface area contributed by atoms with E-state index < -0.39 is 0 Å². The number of halogens is 1. The van der Waals surface area contributed by atoms with Gasteiger partial charge in [0, 0.05) is 16.2 Å². The lowest BCUT2D eigenvalue weighted by Crippen LogP contribution is -2.32. The normalized spacial score (nSPS) is 18.7. The van der Waals surface area contributed by atoms with Crippen LogP contribution < -0.4 is 14.8 Å². The Bertz CT molecular complexity index is 1330. The quantitative estimate of drug-likeness (QED) is 0.454. The van der Waals surface area contributed by atoms with Crippen molar-refractivity contribution in [1.29, 1.82) is 0 Å². The first-order chi connectivity index (χ1) is 15.7. The molecule has 0 unspecified atom stereocenters. The van der Waals surface area contributed by atoms with Crippen LogP contribution in [0.2, 0.25) is 5.02 Å². The predicted octanol–water partition coefficient (Wildman–Crippen LogP) is 5.50. The zero-order valence-electron chi connectivity index (χ0n) is 17.2. The first-order valence-corrected chi connectivity index (χ1v) is 10.7. The molecular weight excluding hydrogens is 424 g/mol. The molecule has 2 aliphatic heterocycles. The van der Waals surface area contributed by atoms with Gasteiger partial charge in [-0.3, -0.25) is 0 Å². The summed E-state index contributed by atoms with van der Waals surface area (Å²) in [5.74, 6) is 2.24. The number of nitrogens with one attached hydrogen (secondary N) is 1. The molecule has 6 nitrogen and oxygen atoms in total. The van der Waals surface area contributed by atoms with Crippen LogP contribution in [-0.4, -0.2) is 21.9 Å². The van der Waals surface area contributed by atoms with Crippen molar-refractivity contribution < 1.29 is 9.47 Å². The molecule has 0 amide bonds. The standard InChI is InChI=1S/C25H19ClN4O2/c1-31-18-10-7-16(8-11-18)24-21-22(19-13-17(26)9-12-20(19)32-24)29-25-27-14-28-30(25)23(21)15-5-3-2-4-6-15/h2-14,23-24H,1H3,(H,27,28,29)/t23-,24-/m1/s1. The number of nitrogens with zero attached hydrogens (tertiary/aromatic N) is 3. The topological polar surface area (TPSA) is 61.2 Å². The molecule has 32 heavy (non-hydrogen) atoms. The zero-order chi connectivity index (χ0) is 21.7. The summed E-state index contributed by atoms with van der Waals surface area (Å²) in [5.41, 5.74) is 5.02. The summed E-state index contributed by atoms with van der Waals surface area (Å²) in [5, 5.41) is 8.68. The molecule has 158 valence electrons. The molecule has 2 aliphatic rings. The van der Waals surface area contributed by atoms with Crippen LogP contribution in [0.1, 0.15) is 28.8 Å². The van der Waals surface area contributed by atoms with Gasteiger partial charge in [0.15, 0.2) is 0 Å². The van der Waals surface area contributed by atoms with E-state index in [9.17, 15) is 0 Å². The van der Waals surface area contributed by atoms with Gasteiger partial charge in [0.1, 0.15) is 30.0 Å². The Hall–Kier alpha value is -3.77. The van der Waals surface area contributed by atoms with Crippen molar-refractivity contribution in [2.24, 2.45) is 0 Å². The number of rotatable bonds is 3. The van der Waals surface area contributed by atoms with Crippen LogP contribution in [0, 0.1) is 0 Å². The molecule has 3 aromatic carbocycles. The van der Waals surface area contributed by atoms with Gasteiger partial charge in [-0.1, -0.05) is 54.1 Å². The Kier molecular flexibility index (Phi) is 4.40. The van der Waals surface area contributed by atoms with Gasteiger partial charge in [0.25, 0.3) is 0 Å². The van der Waals surface area contributed by atoms with Crippen molar-refractivity contribution >= 4 is 23.2 Å². The Balaban J connectivity index is 1.61. The van der Waals surface area contributed by atoms with Crippen LogP contribution in [0.4, 0.5) is 5.95 Å². The van der Waals surface area contributed by atoms with E-state index in [1.54, 1.807) is 13.4 Å². The molecule has 6 rings (SSSR count). The third-order valence-electron chi connectivity index (χ3n) is 5.91. The molecule has 0 aliphatic carbocycles. The van der Waals surface area contributed by atoms with Crippen molar-refractivity contribution in [2.75, 3.05) is 12.4 Å². The van der Waals surface area contributed by atoms with Gasteiger partial charge in [-0.05, 0) is 41.5 Å². The van der Waals surface area contributed by atoms with Gasteiger partial charge < -0.3 is 14.8 Å². The molecule has 0 spiro atoms. The summed E-state index contributed by atoms with van der Waals surface area (Å²) >= 11 is 6.37. The molecule has 0 radical (unpaired) electrons. The summed E-state index contributed by atoms with van der Waals surface area (Å²) in [6.45, 7) is 0. The van der Waals surface area contributed by atoms with Crippen molar-refractivity contribution in [3.05, 3.63) is 106 Å². The summed E-state index contributed by atoms with van der Waals surface area (Å²) in [6, 6.07) is 23.7. The lowest BCUT2D eigenvalue weighted by molar-refractivity contribution is 0.223. The van der Waals surface area contributed by atoms with Gasteiger partial charge in [-0.25, -0.2) is 4.68 Å². The van der Waals surface area contributed by atoms with Crippen molar-refractivity contribution in [3.8, 4) is 11.5 Å². The Labute approximate surface area is 190 Å². The minimum atomic E-state index is -0.334. The smallest absolute Gasteiger partial charge is 0.226 e. The van der Waals surface area contributed by atoms with Crippen LogP contribution in [0.3, 0.4) is 0 Å².